The van der Waals surface area contributed by atoms with Crippen LogP contribution < -0.4 is 4.74 Å². The Morgan fingerprint density at radius 1 is 1.14 bits per heavy atom. The first-order valence-corrected chi connectivity index (χ1v) is 7.01. The van der Waals surface area contributed by atoms with Crippen LogP contribution in [0.3, 0.4) is 0 Å². The predicted molar refractivity (Wildman–Crippen MR) is 79.3 cm³/mol. The van der Waals surface area contributed by atoms with Crippen LogP contribution in [0.2, 0.25) is 0 Å². The molecule has 2 aromatic carbocycles. The molecule has 0 aliphatic carbocycles. The average molecular weight is 367 g/mol. The van der Waals surface area contributed by atoms with Gasteiger partial charge >= 0.3 is 0 Å². The van der Waals surface area contributed by atoms with Crippen LogP contribution in [0.5, 0.6) is 5.75 Å². The summed E-state index contributed by atoms with van der Waals surface area (Å²) in [6, 6.07) is 8.72. The highest BCUT2D eigenvalue weighted by molar-refractivity contribution is 9.10. The monoisotopic (exact) mass is 366 g/mol. The fraction of sp³-hybridized carbons (Fsp3) is 0.0667. The summed E-state index contributed by atoms with van der Waals surface area (Å²) < 4.78 is 38.4. The third-order valence-corrected chi connectivity index (χ3v) is 3.71. The minimum absolute atomic E-state index is 0.128. The summed E-state index contributed by atoms with van der Waals surface area (Å²) in [5.41, 5.74) is 0.242. The number of methoxy groups -OCH3 is 1. The topological polar surface area (TPSA) is 48.2 Å². The maximum absolute atomic E-state index is 13.8. The molecule has 0 atom stereocenters. The molecule has 0 fully saturated rings. The second-order valence-electron chi connectivity index (χ2n) is 4.37. The van der Waals surface area contributed by atoms with Crippen LogP contribution >= 0.6 is 15.9 Å². The maximum Gasteiger partial charge on any atom is 0.259 e. The van der Waals surface area contributed by atoms with Gasteiger partial charge in [0, 0.05) is 4.47 Å². The van der Waals surface area contributed by atoms with Gasteiger partial charge in [-0.3, -0.25) is 0 Å². The van der Waals surface area contributed by atoms with E-state index in [1.807, 2.05) is 0 Å². The summed E-state index contributed by atoms with van der Waals surface area (Å²) in [7, 11) is 1.53. The van der Waals surface area contributed by atoms with E-state index in [1.54, 1.807) is 18.2 Å². The van der Waals surface area contributed by atoms with Gasteiger partial charge in [-0.25, -0.2) is 8.78 Å². The number of hydrogen-bond donors (Lipinski definition) is 0. The molecule has 7 heteroatoms. The Labute approximate surface area is 132 Å². The largest absolute Gasteiger partial charge is 0.497 e. The van der Waals surface area contributed by atoms with Gasteiger partial charge in [-0.15, -0.1) is 0 Å². The van der Waals surface area contributed by atoms with Gasteiger partial charge in [0.15, 0.2) is 0 Å². The number of benzene rings is 2. The Kier molecular flexibility index (Phi) is 3.89. The summed E-state index contributed by atoms with van der Waals surface area (Å²) in [6.45, 7) is 0. The van der Waals surface area contributed by atoms with E-state index < -0.39 is 11.6 Å². The number of halogens is 3. The van der Waals surface area contributed by atoms with E-state index in [9.17, 15) is 8.78 Å². The van der Waals surface area contributed by atoms with Crippen molar-refractivity contribution >= 4 is 15.9 Å². The van der Waals surface area contributed by atoms with Crippen molar-refractivity contribution < 1.29 is 18.0 Å². The van der Waals surface area contributed by atoms with E-state index in [0.29, 0.717) is 15.8 Å². The van der Waals surface area contributed by atoms with Crippen LogP contribution in [-0.4, -0.2) is 17.3 Å². The molecule has 0 aliphatic rings. The second kappa shape index (κ2) is 5.84. The molecule has 1 heterocycles. The highest BCUT2D eigenvalue weighted by Crippen LogP contribution is 2.32. The van der Waals surface area contributed by atoms with Crippen molar-refractivity contribution in [3.63, 3.8) is 0 Å². The molecule has 0 radical (unpaired) electrons. The lowest BCUT2D eigenvalue weighted by atomic mass is 10.2. The quantitative estimate of drug-likeness (QED) is 0.686. The summed E-state index contributed by atoms with van der Waals surface area (Å²) in [4.78, 5) is 4.07. The van der Waals surface area contributed by atoms with Crippen LogP contribution in [0, 0.1) is 11.6 Å². The molecular formula is C15H9BrF2N2O2. The second-order valence-corrected chi connectivity index (χ2v) is 5.22. The molecule has 0 unspecified atom stereocenters. The molecule has 0 saturated heterocycles. The third-order valence-electron chi connectivity index (χ3n) is 3.02. The van der Waals surface area contributed by atoms with Crippen LogP contribution in [0.1, 0.15) is 0 Å². The zero-order chi connectivity index (χ0) is 15.7. The van der Waals surface area contributed by atoms with E-state index >= 15 is 0 Å². The van der Waals surface area contributed by atoms with Gasteiger partial charge in [-0.2, -0.15) is 4.98 Å². The summed E-state index contributed by atoms with van der Waals surface area (Å²) >= 11 is 3.36. The van der Waals surface area contributed by atoms with E-state index in [1.165, 1.54) is 13.2 Å². The first-order valence-electron chi connectivity index (χ1n) is 6.22. The third kappa shape index (κ3) is 2.59. The molecule has 3 aromatic rings. The minimum atomic E-state index is -0.753. The van der Waals surface area contributed by atoms with Gasteiger partial charge in [-0.1, -0.05) is 11.2 Å². The Morgan fingerprint density at radius 2 is 1.86 bits per heavy atom. The molecule has 4 nitrogen and oxygen atoms in total. The molecule has 0 spiro atoms. The van der Waals surface area contributed by atoms with Crippen molar-refractivity contribution in [3.8, 4) is 28.6 Å². The fourth-order valence-electron chi connectivity index (χ4n) is 1.94. The SMILES string of the molecule is COc1ccc(Br)c(-c2nc(-c3c(F)cccc3F)no2)c1. The van der Waals surface area contributed by atoms with Gasteiger partial charge in [-0.05, 0) is 46.3 Å². The Balaban J connectivity index is 2.08. The zero-order valence-corrected chi connectivity index (χ0v) is 12.9. The Bertz CT molecular complexity index is 816. The molecule has 1 aromatic heterocycles. The smallest absolute Gasteiger partial charge is 0.259 e. The molecule has 0 saturated carbocycles. The molecule has 112 valence electrons. The van der Waals surface area contributed by atoms with Crippen molar-refractivity contribution in [2.45, 2.75) is 0 Å². The molecule has 0 bridgehead atoms. The van der Waals surface area contributed by atoms with Gasteiger partial charge in [0.1, 0.15) is 17.4 Å². The van der Waals surface area contributed by atoms with Gasteiger partial charge in [0.25, 0.3) is 5.89 Å². The van der Waals surface area contributed by atoms with E-state index in [4.69, 9.17) is 9.26 Å². The normalized spacial score (nSPS) is 10.7. The molecule has 0 amide bonds. The highest BCUT2D eigenvalue weighted by atomic mass is 79.9. The summed E-state index contributed by atoms with van der Waals surface area (Å²) in [5, 5.41) is 3.65. The van der Waals surface area contributed by atoms with Crippen LogP contribution in [0.25, 0.3) is 22.8 Å². The van der Waals surface area contributed by atoms with E-state index in [2.05, 4.69) is 26.1 Å². The van der Waals surface area contributed by atoms with Crippen molar-refractivity contribution in [1.29, 1.82) is 0 Å². The number of rotatable bonds is 3. The lowest BCUT2D eigenvalue weighted by molar-refractivity contribution is 0.413. The summed E-state index contributed by atoms with van der Waals surface area (Å²) in [6.07, 6.45) is 0. The lowest BCUT2D eigenvalue weighted by Gasteiger charge is -2.03. The minimum Gasteiger partial charge on any atom is -0.497 e. The average Bonchev–Trinajstić information content (AvgIpc) is 2.97. The first-order chi connectivity index (χ1) is 10.6. The van der Waals surface area contributed by atoms with Gasteiger partial charge < -0.3 is 9.26 Å². The Hall–Kier alpha value is -2.28. The fourth-order valence-corrected chi connectivity index (χ4v) is 2.36. The van der Waals surface area contributed by atoms with Crippen LogP contribution in [0.15, 0.2) is 45.4 Å². The van der Waals surface area contributed by atoms with Crippen molar-refractivity contribution in [2.24, 2.45) is 0 Å². The molecule has 3 rings (SSSR count). The number of nitrogens with zero attached hydrogens (tertiary/aromatic N) is 2. The van der Waals surface area contributed by atoms with E-state index in [0.717, 1.165) is 12.1 Å². The van der Waals surface area contributed by atoms with Crippen molar-refractivity contribution in [3.05, 3.63) is 52.5 Å². The lowest BCUT2D eigenvalue weighted by Crippen LogP contribution is -1.91. The van der Waals surface area contributed by atoms with Crippen LogP contribution in [0.4, 0.5) is 8.78 Å². The van der Waals surface area contributed by atoms with Crippen LogP contribution in [-0.2, 0) is 0 Å². The van der Waals surface area contributed by atoms with E-state index in [-0.39, 0.29) is 17.3 Å². The van der Waals surface area contributed by atoms with Crippen molar-refractivity contribution in [1.82, 2.24) is 10.1 Å². The zero-order valence-electron chi connectivity index (χ0n) is 11.3. The number of aromatic nitrogens is 2. The van der Waals surface area contributed by atoms with Crippen molar-refractivity contribution in [2.75, 3.05) is 7.11 Å². The number of hydrogen-bond acceptors (Lipinski definition) is 4. The molecule has 0 N–H and O–H groups in total. The highest BCUT2D eigenvalue weighted by Gasteiger charge is 2.19. The van der Waals surface area contributed by atoms with Gasteiger partial charge in [0.2, 0.25) is 5.82 Å². The molecule has 22 heavy (non-hydrogen) atoms. The predicted octanol–water partition coefficient (Wildman–Crippen LogP) is 4.45. The van der Waals surface area contributed by atoms with Gasteiger partial charge in [0.05, 0.1) is 18.2 Å². The Morgan fingerprint density at radius 3 is 2.55 bits per heavy atom. The number of ether oxygens (including phenoxy) is 1. The summed E-state index contributed by atoms with van der Waals surface area (Å²) in [5.74, 6) is -0.937. The molecular weight excluding hydrogens is 358 g/mol. The maximum atomic E-state index is 13.8. The molecule has 0 aliphatic heterocycles. The standard InChI is InChI=1S/C15H9BrF2N2O2/c1-21-8-5-6-10(16)9(7-8)15-19-14(20-22-15)13-11(17)3-2-4-12(13)18/h2-7H,1H3. The first kappa shape index (κ1) is 14.6.